The zero-order valence-electron chi connectivity index (χ0n) is 12.0. The molecule has 0 heterocycles. The molecular formula is C14H18N2O5. The highest BCUT2D eigenvalue weighted by Gasteiger charge is 2.17. The fourth-order valence-electron chi connectivity index (χ4n) is 1.84. The molecule has 1 rings (SSSR count). The Morgan fingerprint density at radius 2 is 2.24 bits per heavy atom. The Labute approximate surface area is 122 Å². The number of aldehydes is 1. The molecule has 114 valence electrons. The van der Waals surface area contributed by atoms with Crippen LogP contribution < -0.4 is 10.1 Å². The first-order chi connectivity index (χ1) is 9.97. The fourth-order valence-corrected chi connectivity index (χ4v) is 1.84. The maximum atomic E-state index is 11.7. The molecular weight excluding hydrogens is 276 g/mol. The second-order valence-electron chi connectivity index (χ2n) is 4.65. The summed E-state index contributed by atoms with van der Waals surface area (Å²) in [6.07, 6.45) is 2.33. The van der Waals surface area contributed by atoms with Gasteiger partial charge < -0.3 is 10.1 Å². The molecule has 0 aliphatic rings. The molecule has 0 radical (unpaired) electrons. The van der Waals surface area contributed by atoms with E-state index in [1.165, 1.54) is 18.2 Å². The fraction of sp³-hybridized carbons (Fsp3) is 0.429. The average Bonchev–Trinajstić information content (AvgIpc) is 2.44. The standard InChI is InChI=1S/C14H18N2O5/c1-3-4-10(2)15-14(18)9-21-13-7-11(8-17)5-6-12(13)16(19)20/h5-8,10H,3-4,9H2,1-2H3,(H,15,18). The summed E-state index contributed by atoms with van der Waals surface area (Å²) in [4.78, 5) is 32.6. The summed E-state index contributed by atoms with van der Waals surface area (Å²) in [5, 5.41) is 13.6. The van der Waals surface area contributed by atoms with Crippen molar-refractivity contribution in [2.45, 2.75) is 32.7 Å². The Kier molecular flexibility index (Phi) is 6.32. The molecule has 7 nitrogen and oxygen atoms in total. The van der Waals surface area contributed by atoms with Crippen molar-refractivity contribution in [1.29, 1.82) is 0 Å². The highest BCUT2D eigenvalue weighted by Crippen LogP contribution is 2.27. The molecule has 7 heteroatoms. The predicted octanol–water partition coefficient (Wildman–Crippen LogP) is 2.09. The summed E-state index contributed by atoms with van der Waals surface area (Å²) in [5.74, 6) is -0.454. The molecule has 1 N–H and O–H groups in total. The van der Waals surface area contributed by atoms with Gasteiger partial charge in [-0.1, -0.05) is 13.3 Å². The monoisotopic (exact) mass is 294 g/mol. The van der Waals surface area contributed by atoms with E-state index in [4.69, 9.17) is 4.74 Å². The van der Waals surface area contributed by atoms with Crippen molar-refractivity contribution >= 4 is 17.9 Å². The van der Waals surface area contributed by atoms with Crippen molar-refractivity contribution in [2.24, 2.45) is 0 Å². The van der Waals surface area contributed by atoms with Crippen LogP contribution in [0, 0.1) is 10.1 Å². The van der Waals surface area contributed by atoms with Gasteiger partial charge in [0.1, 0.15) is 6.29 Å². The summed E-state index contributed by atoms with van der Waals surface area (Å²) in [7, 11) is 0. The molecule has 0 aliphatic heterocycles. The van der Waals surface area contributed by atoms with Crippen molar-refractivity contribution in [3.05, 3.63) is 33.9 Å². The molecule has 1 atom stereocenters. The minimum Gasteiger partial charge on any atom is -0.477 e. The van der Waals surface area contributed by atoms with Gasteiger partial charge in [0.2, 0.25) is 0 Å². The SMILES string of the molecule is CCCC(C)NC(=O)COc1cc(C=O)ccc1[N+](=O)[O-]. The van der Waals surface area contributed by atoms with Gasteiger partial charge >= 0.3 is 5.69 Å². The number of rotatable bonds is 8. The third-order valence-corrected chi connectivity index (χ3v) is 2.80. The van der Waals surface area contributed by atoms with Gasteiger partial charge in [0, 0.05) is 17.7 Å². The van der Waals surface area contributed by atoms with E-state index in [1.54, 1.807) is 0 Å². The Balaban J connectivity index is 2.71. The topological polar surface area (TPSA) is 98.5 Å². The first-order valence-electron chi connectivity index (χ1n) is 6.63. The number of nitro benzene ring substituents is 1. The Morgan fingerprint density at radius 1 is 1.52 bits per heavy atom. The van der Waals surface area contributed by atoms with Crippen molar-refractivity contribution in [3.8, 4) is 5.75 Å². The number of hydrogen-bond donors (Lipinski definition) is 1. The second kappa shape index (κ2) is 7.98. The molecule has 1 aromatic carbocycles. The lowest BCUT2D eigenvalue weighted by Crippen LogP contribution is -2.36. The zero-order valence-corrected chi connectivity index (χ0v) is 12.0. The zero-order chi connectivity index (χ0) is 15.8. The molecule has 0 spiro atoms. The number of nitrogens with one attached hydrogen (secondary N) is 1. The van der Waals surface area contributed by atoms with Crippen molar-refractivity contribution < 1.29 is 19.2 Å². The lowest BCUT2D eigenvalue weighted by Gasteiger charge is -2.13. The number of nitrogens with zero attached hydrogens (tertiary/aromatic N) is 1. The quantitative estimate of drug-likeness (QED) is 0.449. The summed E-state index contributed by atoms with van der Waals surface area (Å²) >= 11 is 0. The van der Waals surface area contributed by atoms with E-state index in [0.717, 1.165) is 12.8 Å². The van der Waals surface area contributed by atoms with Crippen LogP contribution >= 0.6 is 0 Å². The van der Waals surface area contributed by atoms with Gasteiger partial charge in [0.05, 0.1) is 4.92 Å². The van der Waals surface area contributed by atoms with Gasteiger partial charge in [-0.2, -0.15) is 0 Å². The van der Waals surface area contributed by atoms with Gasteiger partial charge in [-0.25, -0.2) is 0 Å². The van der Waals surface area contributed by atoms with E-state index in [9.17, 15) is 19.7 Å². The second-order valence-corrected chi connectivity index (χ2v) is 4.65. The molecule has 1 amide bonds. The minimum atomic E-state index is -0.623. The van der Waals surface area contributed by atoms with E-state index in [0.29, 0.717) is 6.29 Å². The minimum absolute atomic E-state index is 0.0161. The van der Waals surface area contributed by atoms with Crippen molar-refractivity contribution in [3.63, 3.8) is 0 Å². The van der Waals surface area contributed by atoms with E-state index in [1.807, 2.05) is 13.8 Å². The first kappa shape index (κ1) is 16.6. The average molecular weight is 294 g/mol. The molecule has 0 bridgehead atoms. The molecule has 1 unspecified atom stereocenters. The van der Waals surface area contributed by atoms with Gasteiger partial charge in [-0.3, -0.25) is 19.7 Å². The van der Waals surface area contributed by atoms with Crippen LogP contribution in [0.4, 0.5) is 5.69 Å². The summed E-state index contributed by atoms with van der Waals surface area (Å²) in [6.45, 7) is 3.54. The Morgan fingerprint density at radius 3 is 2.81 bits per heavy atom. The lowest BCUT2D eigenvalue weighted by molar-refractivity contribution is -0.385. The molecule has 0 fully saturated rings. The number of nitro groups is 1. The maximum absolute atomic E-state index is 11.7. The first-order valence-corrected chi connectivity index (χ1v) is 6.63. The van der Waals surface area contributed by atoms with Gasteiger partial charge in [0.25, 0.3) is 5.91 Å². The van der Waals surface area contributed by atoms with Crippen LogP contribution in [0.15, 0.2) is 18.2 Å². The number of carbonyl (C=O) groups excluding carboxylic acids is 2. The number of ether oxygens (including phenoxy) is 1. The highest BCUT2D eigenvalue weighted by atomic mass is 16.6. The van der Waals surface area contributed by atoms with Gasteiger partial charge in [0.15, 0.2) is 12.4 Å². The smallest absolute Gasteiger partial charge is 0.310 e. The summed E-state index contributed by atoms with van der Waals surface area (Å²) in [5.41, 5.74) is -0.0367. The van der Waals surface area contributed by atoms with Crippen LogP contribution in [0.2, 0.25) is 0 Å². The molecule has 1 aromatic rings. The highest BCUT2D eigenvalue weighted by molar-refractivity contribution is 5.79. The molecule has 0 saturated heterocycles. The number of amides is 1. The van der Waals surface area contributed by atoms with Crippen molar-refractivity contribution in [1.82, 2.24) is 5.32 Å². The van der Waals surface area contributed by atoms with Gasteiger partial charge in [-0.15, -0.1) is 0 Å². The molecule has 0 saturated carbocycles. The van der Waals surface area contributed by atoms with E-state index in [2.05, 4.69) is 5.32 Å². The maximum Gasteiger partial charge on any atom is 0.310 e. The number of benzene rings is 1. The van der Waals surface area contributed by atoms with E-state index < -0.39 is 4.92 Å². The molecule has 0 aliphatic carbocycles. The lowest BCUT2D eigenvalue weighted by atomic mass is 10.2. The molecule has 21 heavy (non-hydrogen) atoms. The largest absolute Gasteiger partial charge is 0.477 e. The van der Waals surface area contributed by atoms with Crippen LogP contribution in [-0.2, 0) is 4.79 Å². The van der Waals surface area contributed by atoms with E-state index in [-0.39, 0.29) is 35.6 Å². The van der Waals surface area contributed by atoms with Crippen LogP contribution in [0.1, 0.15) is 37.0 Å². The normalized spacial score (nSPS) is 11.5. The Bertz CT molecular complexity index is 530. The summed E-state index contributed by atoms with van der Waals surface area (Å²) < 4.78 is 5.17. The van der Waals surface area contributed by atoms with Crippen LogP contribution in [0.3, 0.4) is 0 Å². The molecule has 0 aromatic heterocycles. The van der Waals surface area contributed by atoms with Crippen LogP contribution in [0.5, 0.6) is 5.75 Å². The Hall–Kier alpha value is -2.44. The van der Waals surface area contributed by atoms with Gasteiger partial charge in [-0.05, 0) is 25.5 Å². The number of hydrogen-bond acceptors (Lipinski definition) is 5. The third kappa shape index (κ3) is 5.21. The summed E-state index contributed by atoms with van der Waals surface area (Å²) in [6, 6.07) is 3.76. The van der Waals surface area contributed by atoms with E-state index >= 15 is 0 Å². The van der Waals surface area contributed by atoms with Crippen LogP contribution in [0.25, 0.3) is 0 Å². The van der Waals surface area contributed by atoms with Crippen LogP contribution in [-0.4, -0.2) is 29.8 Å². The number of carbonyl (C=O) groups is 2. The predicted molar refractivity (Wildman–Crippen MR) is 76.5 cm³/mol. The van der Waals surface area contributed by atoms with Crippen molar-refractivity contribution in [2.75, 3.05) is 6.61 Å². The third-order valence-electron chi connectivity index (χ3n) is 2.80.